The molecule has 184 valence electrons. The molecule has 1 aliphatic carbocycles. The zero-order chi connectivity index (χ0) is 24.5. The van der Waals surface area contributed by atoms with Crippen LogP contribution in [0.15, 0.2) is 36.4 Å². The van der Waals surface area contributed by atoms with Gasteiger partial charge in [-0.1, -0.05) is 6.07 Å². The third-order valence-corrected chi connectivity index (χ3v) is 7.14. The van der Waals surface area contributed by atoms with E-state index in [1.165, 1.54) is 11.6 Å². The van der Waals surface area contributed by atoms with Gasteiger partial charge in [0.1, 0.15) is 0 Å². The molecule has 2 amide bonds. The Morgan fingerprint density at radius 2 is 1.91 bits per heavy atom. The number of urea groups is 1. The molecule has 1 heterocycles. The summed E-state index contributed by atoms with van der Waals surface area (Å²) >= 11 is 0. The van der Waals surface area contributed by atoms with E-state index in [1.54, 1.807) is 7.11 Å². The molecule has 2 N–H and O–H groups in total. The molecule has 1 saturated carbocycles. The molecule has 0 aromatic heterocycles. The Balaban J connectivity index is 1.47. The number of ether oxygens (including phenoxy) is 2. The minimum Gasteiger partial charge on any atom is -0.493 e. The van der Waals surface area contributed by atoms with Crippen LogP contribution in [0.4, 0.5) is 19.3 Å². The lowest BCUT2D eigenvalue weighted by atomic mass is 9.65. The molecule has 0 spiro atoms. The number of hydrogen-bond acceptors (Lipinski definition) is 4. The fraction of sp³-hybridized carbons (Fsp3) is 0.500. The van der Waals surface area contributed by atoms with Crippen LogP contribution in [-0.2, 0) is 5.41 Å². The number of hydrogen-bond donors (Lipinski definition) is 2. The number of likely N-dealkylation sites (tertiary alicyclic amines) is 1. The molecule has 0 unspecified atom stereocenters. The Hall–Kier alpha value is -2.87. The number of nitrogens with zero attached hydrogens (tertiary/aromatic N) is 1. The predicted molar refractivity (Wildman–Crippen MR) is 128 cm³/mol. The zero-order valence-electron chi connectivity index (χ0n) is 20.2. The number of nitrogens with one attached hydrogen (secondary N) is 2. The van der Waals surface area contributed by atoms with E-state index < -0.39 is 17.7 Å². The smallest absolute Gasteiger partial charge is 0.319 e. The van der Waals surface area contributed by atoms with Crippen molar-refractivity contribution in [2.75, 3.05) is 26.0 Å². The highest BCUT2D eigenvalue weighted by molar-refractivity contribution is 5.89. The number of likely N-dealkylation sites (N-methyl/N-ethyl adjacent to an activating group) is 1. The number of amides is 2. The van der Waals surface area contributed by atoms with E-state index in [1.807, 2.05) is 19.9 Å². The third-order valence-electron chi connectivity index (χ3n) is 7.14. The van der Waals surface area contributed by atoms with Crippen molar-refractivity contribution >= 4 is 11.7 Å². The first-order chi connectivity index (χ1) is 16.2. The van der Waals surface area contributed by atoms with E-state index in [2.05, 4.69) is 34.7 Å². The number of benzene rings is 2. The van der Waals surface area contributed by atoms with Crippen LogP contribution in [0.1, 0.15) is 45.1 Å². The number of methoxy groups -OCH3 is 1. The minimum atomic E-state index is -0.993. The lowest BCUT2D eigenvalue weighted by Crippen LogP contribution is -2.52. The van der Waals surface area contributed by atoms with Crippen LogP contribution in [0.2, 0.25) is 0 Å². The molecule has 8 heteroatoms. The molecule has 3 atom stereocenters. The number of halogens is 2. The Kier molecular flexibility index (Phi) is 6.98. The second-order valence-corrected chi connectivity index (χ2v) is 9.63. The molecule has 2 aromatic rings. The first-order valence-corrected chi connectivity index (χ1v) is 11.8. The molecule has 2 aromatic carbocycles. The normalized spacial score (nSPS) is 24.6. The van der Waals surface area contributed by atoms with Gasteiger partial charge in [0, 0.05) is 29.3 Å². The van der Waals surface area contributed by atoms with Crippen LogP contribution >= 0.6 is 0 Å². The Morgan fingerprint density at radius 1 is 1.12 bits per heavy atom. The van der Waals surface area contributed by atoms with Crippen molar-refractivity contribution in [1.82, 2.24) is 10.2 Å². The van der Waals surface area contributed by atoms with E-state index in [4.69, 9.17) is 9.47 Å². The maximum Gasteiger partial charge on any atom is 0.319 e. The van der Waals surface area contributed by atoms with Crippen LogP contribution in [-0.4, -0.2) is 49.8 Å². The summed E-state index contributed by atoms with van der Waals surface area (Å²) in [5.74, 6) is -0.461. The summed E-state index contributed by atoms with van der Waals surface area (Å²) in [6.45, 7) is 4.96. The Labute approximate surface area is 199 Å². The van der Waals surface area contributed by atoms with Gasteiger partial charge >= 0.3 is 6.03 Å². The maximum absolute atomic E-state index is 13.5. The lowest BCUT2D eigenvalue weighted by molar-refractivity contribution is 0.155. The predicted octanol–water partition coefficient (Wildman–Crippen LogP) is 5.08. The van der Waals surface area contributed by atoms with E-state index >= 15 is 0 Å². The van der Waals surface area contributed by atoms with E-state index in [9.17, 15) is 13.6 Å². The lowest BCUT2D eigenvalue weighted by Gasteiger charge is -2.45. The average Bonchev–Trinajstić information content (AvgIpc) is 3.13. The van der Waals surface area contributed by atoms with Crippen LogP contribution in [0.5, 0.6) is 11.5 Å². The SMILES string of the molecule is COc1cc([C@@]23CC[C@H](NC(=O)Nc4ccc(F)c(F)c4)C[C@H]2N(C)CC3)ccc1OC(C)C. The zero-order valence-corrected chi connectivity index (χ0v) is 20.2. The van der Waals surface area contributed by atoms with Gasteiger partial charge in [-0.2, -0.15) is 0 Å². The average molecular weight is 474 g/mol. The van der Waals surface area contributed by atoms with Crippen molar-refractivity contribution in [3.05, 3.63) is 53.6 Å². The van der Waals surface area contributed by atoms with Crippen molar-refractivity contribution in [3.8, 4) is 11.5 Å². The monoisotopic (exact) mass is 473 g/mol. The molecule has 34 heavy (non-hydrogen) atoms. The minimum absolute atomic E-state index is 0.0191. The summed E-state index contributed by atoms with van der Waals surface area (Å²) in [6.07, 6.45) is 3.64. The molecule has 0 radical (unpaired) electrons. The van der Waals surface area contributed by atoms with Crippen LogP contribution < -0.4 is 20.1 Å². The number of carbonyl (C=O) groups is 1. The molecule has 1 aliphatic heterocycles. The van der Waals surface area contributed by atoms with Crippen LogP contribution in [0.25, 0.3) is 0 Å². The molecular formula is C26H33F2N3O3. The van der Waals surface area contributed by atoms with Crippen LogP contribution in [0.3, 0.4) is 0 Å². The van der Waals surface area contributed by atoms with E-state index in [0.29, 0.717) is 0 Å². The van der Waals surface area contributed by atoms with Gasteiger partial charge in [-0.3, -0.25) is 0 Å². The number of anilines is 1. The summed E-state index contributed by atoms with van der Waals surface area (Å²) in [7, 11) is 3.79. The van der Waals surface area contributed by atoms with Gasteiger partial charge in [0.25, 0.3) is 0 Å². The second-order valence-electron chi connectivity index (χ2n) is 9.63. The highest BCUT2D eigenvalue weighted by Gasteiger charge is 2.50. The van der Waals surface area contributed by atoms with Crippen molar-refractivity contribution < 1.29 is 23.0 Å². The maximum atomic E-state index is 13.5. The quantitative estimate of drug-likeness (QED) is 0.615. The number of rotatable bonds is 6. The fourth-order valence-electron chi connectivity index (χ4n) is 5.50. The van der Waals surface area contributed by atoms with Gasteiger partial charge in [0.2, 0.25) is 0 Å². The standard InChI is InChI=1S/C26H33F2N3O3/c1-16(2)34-22-8-5-17(13-23(22)33-4)26-10-9-19(15-24(26)31(3)12-11-26)30-25(32)29-18-6-7-20(27)21(28)14-18/h5-8,13-14,16,19,24H,9-12,15H2,1-4H3,(H2,29,30,32)/t19-,24+,26-/m0/s1. The van der Waals surface area contributed by atoms with Gasteiger partial charge in [-0.25, -0.2) is 13.6 Å². The van der Waals surface area contributed by atoms with E-state index in [0.717, 1.165) is 55.9 Å². The van der Waals surface area contributed by atoms with E-state index in [-0.39, 0.29) is 29.3 Å². The van der Waals surface area contributed by atoms with Gasteiger partial charge in [-0.15, -0.1) is 0 Å². The highest BCUT2D eigenvalue weighted by atomic mass is 19.2. The molecule has 1 saturated heterocycles. The number of carbonyl (C=O) groups excluding carboxylic acids is 1. The van der Waals surface area contributed by atoms with Gasteiger partial charge < -0.3 is 25.0 Å². The highest BCUT2D eigenvalue weighted by Crippen LogP contribution is 2.50. The largest absolute Gasteiger partial charge is 0.493 e. The summed E-state index contributed by atoms with van der Waals surface area (Å²) in [4.78, 5) is 14.9. The third kappa shape index (κ3) is 4.82. The Morgan fingerprint density at radius 3 is 2.62 bits per heavy atom. The van der Waals surface area contributed by atoms with Crippen molar-refractivity contribution in [1.29, 1.82) is 0 Å². The fourth-order valence-corrected chi connectivity index (χ4v) is 5.50. The van der Waals surface area contributed by atoms with Gasteiger partial charge in [0.15, 0.2) is 23.1 Å². The molecule has 2 aliphatic rings. The van der Waals surface area contributed by atoms with Gasteiger partial charge in [-0.05, 0) is 83.0 Å². The van der Waals surface area contributed by atoms with Gasteiger partial charge in [0.05, 0.1) is 13.2 Å². The van der Waals surface area contributed by atoms with Crippen molar-refractivity contribution in [2.45, 2.75) is 63.1 Å². The Bertz CT molecular complexity index is 1050. The van der Waals surface area contributed by atoms with Crippen LogP contribution in [0, 0.1) is 11.6 Å². The first-order valence-electron chi connectivity index (χ1n) is 11.8. The molecule has 0 bridgehead atoms. The summed E-state index contributed by atoms with van der Waals surface area (Å²) in [5, 5.41) is 5.62. The topological polar surface area (TPSA) is 62.8 Å². The summed E-state index contributed by atoms with van der Waals surface area (Å²) in [5.41, 5.74) is 1.43. The van der Waals surface area contributed by atoms with Crippen molar-refractivity contribution in [2.24, 2.45) is 0 Å². The number of fused-ring (bicyclic) bond motifs is 1. The molecular weight excluding hydrogens is 440 g/mol. The first kappa shape index (κ1) is 24.3. The summed E-state index contributed by atoms with van der Waals surface area (Å²) in [6, 6.07) is 9.40. The summed E-state index contributed by atoms with van der Waals surface area (Å²) < 4.78 is 38.1. The second kappa shape index (κ2) is 9.78. The molecule has 6 nitrogen and oxygen atoms in total. The van der Waals surface area contributed by atoms with Crippen molar-refractivity contribution in [3.63, 3.8) is 0 Å². The molecule has 2 fully saturated rings. The molecule has 4 rings (SSSR count).